The van der Waals surface area contributed by atoms with Gasteiger partial charge in [0, 0.05) is 12.0 Å². The van der Waals surface area contributed by atoms with E-state index in [1.54, 1.807) is 35.8 Å². The van der Waals surface area contributed by atoms with Crippen molar-refractivity contribution in [2.45, 2.75) is 38.2 Å². The van der Waals surface area contributed by atoms with Gasteiger partial charge in [-0.25, -0.2) is 4.98 Å². The number of benzene rings is 1. The number of nitrogens with zero attached hydrogens (tertiary/aromatic N) is 2. The Hall–Kier alpha value is -2.93. The van der Waals surface area contributed by atoms with Gasteiger partial charge in [-0.3, -0.25) is 4.79 Å². The molecule has 29 heavy (non-hydrogen) atoms. The van der Waals surface area contributed by atoms with E-state index in [1.165, 1.54) is 0 Å². The van der Waals surface area contributed by atoms with Gasteiger partial charge in [0.1, 0.15) is 12.3 Å². The third kappa shape index (κ3) is 3.70. The van der Waals surface area contributed by atoms with E-state index in [9.17, 15) is 4.79 Å². The van der Waals surface area contributed by atoms with Crippen LogP contribution in [0, 0.1) is 5.92 Å². The summed E-state index contributed by atoms with van der Waals surface area (Å²) in [5.41, 5.74) is 1.57. The second kappa shape index (κ2) is 7.83. The fraction of sp³-hybridized carbons (Fsp3) is 0.318. The van der Waals surface area contributed by atoms with E-state index >= 15 is 0 Å². The molecular formula is C22H20N2O4S. The molecule has 5 rings (SSSR count). The quantitative estimate of drug-likeness (QED) is 0.402. The summed E-state index contributed by atoms with van der Waals surface area (Å²) in [6.07, 6.45) is 5.51. The summed E-state index contributed by atoms with van der Waals surface area (Å²) in [4.78, 5) is 17.7. The Morgan fingerprint density at radius 1 is 1.14 bits per heavy atom. The molecule has 0 radical (unpaired) electrons. The molecule has 2 atom stereocenters. The van der Waals surface area contributed by atoms with Crippen LogP contribution in [0.15, 0.2) is 57.7 Å². The zero-order valence-corrected chi connectivity index (χ0v) is 16.6. The highest BCUT2D eigenvalue weighted by Crippen LogP contribution is 2.41. The molecule has 0 amide bonds. The van der Waals surface area contributed by atoms with Gasteiger partial charge in [0.15, 0.2) is 5.76 Å². The van der Waals surface area contributed by atoms with Crippen LogP contribution in [-0.4, -0.2) is 16.1 Å². The van der Waals surface area contributed by atoms with Crippen LogP contribution in [0.1, 0.15) is 42.3 Å². The number of para-hydroxylation sites is 1. The number of thiazole rings is 1. The topological polar surface area (TPSA) is 78.4 Å². The van der Waals surface area contributed by atoms with Crippen molar-refractivity contribution >= 4 is 27.5 Å². The highest BCUT2D eigenvalue weighted by molar-refractivity contribution is 7.18. The summed E-state index contributed by atoms with van der Waals surface area (Å²) in [5, 5.41) is 5.01. The number of hydrogen-bond donors (Lipinski definition) is 0. The van der Waals surface area contributed by atoms with Gasteiger partial charge in [-0.2, -0.15) is 0 Å². The number of carbonyl (C=O) groups excluding carboxylic acids is 1. The van der Waals surface area contributed by atoms with Crippen molar-refractivity contribution in [3.05, 3.63) is 59.4 Å². The van der Waals surface area contributed by atoms with Gasteiger partial charge >= 0.3 is 5.97 Å². The molecule has 0 unspecified atom stereocenters. The van der Waals surface area contributed by atoms with Crippen LogP contribution >= 0.6 is 11.3 Å². The number of rotatable bonds is 5. The Bertz CT molecular complexity index is 1080. The molecule has 6 nitrogen and oxygen atoms in total. The lowest BCUT2D eigenvalue weighted by Gasteiger charge is -2.28. The smallest absolute Gasteiger partial charge is 0.310 e. The van der Waals surface area contributed by atoms with E-state index in [4.69, 9.17) is 18.7 Å². The lowest BCUT2D eigenvalue weighted by atomic mass is 9.79. The lowest BCUT2D eigenvalue weighted by Crippen LogP contribution is -2.27. The summed E-state index contributed by atoms with van der Waals surface area (Å²) in [6.45, 7) is 0.0894. The molecule has 3 heterocycles. The predicted octanol–water partition coefficient (Wildman–Crippen LogP) is 5.56. The molecule has 7 heteroatoms. The zero-order valence-electron chi connectivity index (χ0n) is 15.7. The van der Waals surface area contributed by atoms with Crippen molar-refractivity contribution in [3.8, 4) is 11.5 Å². The Labute approximate surface area is 171 Å². The van der Waals surface area contributed by atoms with Gasteiger partial charge in [-0.05, 0) is 37.1 Å². The van der Waals surface area contributed by atoms with Gasteiger partial charge in [0.25, 0.3) is 0 Å². The van der Waals surface area contributed by atoms with Crippen molar-refractivity contribution < 1.29 is 18.5 Å². The molecule has 1 aliphatic rings. The fourth-order valence-corrected chi connectivity index (χ4v) is 5.09. The van der Waals surface area contributed by atoms with E-state index in [1.807, 2.05) is 18.2 Å². The summed E-state index contributed by atoms with van der Waals surface area (Å²) < 4.78 is 17.3. The summed E-state index contributed by atoms with van der Waals surface area (Å²) >= 11 is 1.68. The van der Waals surface area contributed by atoms with Crippen molar-refractivity contribution in [1.82, 2.24) is 10.1 Å². The van der Waals surface area contributed by atoms with Gasteiger partial charge < -0.3 is 13.7 Å². The fourth-order valence-electron chi connectivity index (χ4n) is 3.92. The first-order valence-electron chi connectivity index (χ1n) is 9.79. The van der Waals surface area contributed by atoms with E-state index in [0.717, 1.165) is 40.9 Å². The number of esters is 1. The average Bonchev–Trinajstić information content (AvgIpc) is 3.52. The summed E-state index contributed by atoms with van der Waals surface area (Å²) in [6, 6.07) is 13.4. The SMILES string of the molecule is O=C(OCc1cc(-c2ccco2)on1)[C@@H]1CCCC[C@H]1c1nc2ccccc2s1. The van der Waals surface area contributed by atoms with E-state index in [0.29, 0.717) is 17.2 Å². The van der Waals surface area contributed by atoms with E-state index in [-0.39, 0.29) is 24.4 Å². The van der Waals surface area contributed by atoms with Crippen LogP contribution in [0.3, 0.4) is 0 Å². The Morgan fingerprint density at radius 2 is 2.03 bits per heavy atom. The number of aromatic nitrogens is 2. The Balaban J connectivity index is 1.28. The summed E-state index contributed by atoms with van der Waals surface area (Å²) in [7, 11) is 0. The molecule has 0 bridgehead atoms. The third-order valence-corrected chi connectivity index (χ3v) is 6.55. The van der Waals surface area contributed by atoms with Gasteiger partial charge in [-0.1, -0.05) is 30.1 Å². The second-order valence-corrected chi connectivity index (χ2v) is 8.35. The molecular weight excluding hydrogens is 388 g/mol. The lowest BCUT2D eigenvalue weighted by molar-refractivity contribution is -0.152. The van der Waals surface area contributed by atoms with Gasteiger partial charge in [-0.15, -0.1) is 11.3 Å². The van der Waals surface area contributed by atoms with Crippen molar-refractivity contribution in [2.24, 2.45) is 5.92 Å². The number of ether oxygens (including phenoxy) is 1. The van der Waals surface area contributed by atoms with Crippen LogP contribution in [0.4, 0.5) is 0 Å². The van der Waals surface area contributed by atoms with Crippen molar-refractivity contribution in [1.29, 1.82) is 0 Å². The summed E-state index contributed by atoms with van der Waals surface area (Å²) in [5.74, 6) is 0.881. The molecule has 4 aromatic rings. The minimum atomic E-state index is -0.184. The first-order valence-corrected chi connectivity index (χ1v) is 10.6. The van der Waals surface area contributed by atoms with Crippen LogP contribution in [0.25, 0.3) is 21.7 Å². The standard InChI is InChI=1S/C22H20N2O4S/c25-22(27-13-14-12-19(28-24-14)18-9-5-11-26-18)16-7-2-1-6-15(16)21-23-17-8-3-4-10-20(17)29-21/h3-5,8-12,15-16H,1-2,6-7,13H2/t15-,16-/m1/s1. The third-order valence-electron chi connectivity index (χ3n) is 5.38. The molecule has 0 spiro atoms. The van der Waals surface area contributed by atoms with Crippen LogP contribution in [-0.2, 0) is 16.1 Å². The van der Waals surface area contributed by atoms with E-state index in [2.05, 4.69) is 11.2 Å². The van der Waals surface area contributed by atoms with E-state index < -0.39 is 0 Å². The highest BCUT2D eigenvalue weighted by Gasteiger charge is 2.35. The van der Waals surface area contributed by atoms with Crippen LogP contribution in [0.5, 0.6) is 0 Å². The number of carbonyl (C=O) groups is 1. The monoisotopic (exact) mass is 408 g/mol. The molecule has 1 fully saturated rings. The normalized spacial score (nSPS) is 19.4. The number of hydrogen-bond acceptors (Lipinski definition) is 7. The molecule has 0 N–H and O–H groups in total. The maximum absolute atomic E-state index is 12.9. The largest absolute Gasteiger partial charge is 0.461 e. The molecule has 0 saturated heterocycles. The van der Waals surface area contributed by atoms with Crippen LogP contribution < -0.4 is 0 Å². The molecule has 1 aromatic carbocycles. The molecule has 3 aromatic heterocycles. The molecule has 0 aliphatic heterocycles. The Kier molecular flexibility index (Phi) is 4.89. The maximum Gasteiger partial charge on any atom is 0.310 e. The predicted molar refractivity (Wildman–Crippen MR) is 108 cm³/mol. The van der Waals surface area contributed by atoms with Crippen molar-refractivity contribution in [2.75, 3.05) is 0 Å². The first kappa shape index (κ1) is 18.1. The maximum atomic E-state index is 12.9. The minimum absolute atomic E-state index is 0.0894. The first-order chi connectivity index (χ1) is 14.3. The second-order valence-electron chi connectivity index (χ2n) is 7.28. The van der Waals surface area contributed by atoms with Gasteiger partial charge in [0.05, 0.1) is 27.4 Å². The number of furan rings is 1. The number of fused-ring (bicyclic) bond motifs is 1. The van der Waals surface area contributed by atoms with Gasteiger partial charge in [0.2, 0.25) is 5.76 Å². The minimum Gasteiger partial charge on any atom is -0.461 e. The van der Waals surface area contributed by atoms with Crippen LogP contribution in [0.2, 0.25) is 0 Å². The molecule has 1 saturated carbocycles. The zero-order chi connectivity index (χ0) is 19.6. The van der Waals surface area contributed by atoms with Crippen molar-refractivity contribution in [3.63, 3.8) is 0 Å². The average molecular weight is 408 g/mol. The highest BCUT2D eigenvalue weighted by atomic mass is 32.1. The molecule has 1 aliphatic carbocycles. The molecule has 148 valence electrons. The Morgan fingerprint density at radius 3 is 2.90 bits per heavy atom.